The van der Waals surface area contributed by atoms with Gasteiger partial charge in [0.15, 0.2) is 0 Å². The molecule has 6 nitrogen and oxygen atoms in total. The van der Waals surface area contributed by atoms with E-state index in [1.165, 1.54) is 12.1 Å². The molecule has 0 radical (unpaired) electrons. The zero-order valence-corrected chi connectivity index (χ0v) is 12.5. The molecule has 0 bridgehead atoms. The third-order valence-electron chi connectivity index (χ3n) is 3.05. The van der Waals surface area contributed by atoms with Crippen LogP contribution in [0, 0.1) is 5.92 Å². The van der Waals surface area contributed by atoms with E-state index in [0.29, 0.717) is 12.5 Å². The highest BCUT2D eigenvalue weighted by Crippen LogP contribution is 2.10. The van der Waals surface area contributed by atoms with E-state index in [0.717, 1.165) is 17.7 Å². The predicted molar refractivity (Wildman–Crippen MR) is 79.6 cm³/mol. The van der Waals surface area contributed by atoms with Gasteiger partial charge in [-0.2, -0.15) is 0 Å². The second-order valence-corrected chi connectivity index (χ2v) is 5.47. The molecule has 0 fully saturated rings. The number of carboxylic acids is 1. The summed E-state index contributed by atoms with van der Waals surface area (Å²) in [4.78, 5) is 22.7. The maximum Gasteiger partial charge on any atom is 0.335 e. The topological polar surface area (TPSA) is 92.4 Å². The number of nitrogens with zero attached hydrogens (tertiary/aromatic N) is 1. The van der Waals surface area contributed by atoms with E-state index in [2.05, 4.69) is 24.3 Å². The molecule has 1 aromatic heterocycles. The van der Waals surface area contributed by atoms with Crippen LogP contribution in [0.4, 0.5) is 0 Å². The SMILES string of the molecule is CC(C)Cc1cc(C(=O)NCc2ccc(C(=O)O)cc2)on1. The van der Waals surface area contributed by atoms with Crippen molar-refractivity contribution in [3.63, 3.8) is 0 Å². The van der Waals surface area contributed by atoms with E-state index in [-0.39, 0.29) is 17.2 Å². The van der Waals surface area contributed by atoms with Crippen molar-refractivity contribution in [3.05, 3.63) is 52.9 Å². The fourth-order valence-corrected chi connectivity index (χ4v) is 1.97. The number of carboxylic acid groups (broad SMARTS) is 1. The zero-order chi connectivity index (χ0) is 16.1. The predicted octanol–water partition coefficient (Wildman–Crippen LogP) is 2.50. The van der Waals surface area contributed by atoms with Crippen LogP contribution in [0.1, 0.15) is 46.0 Å². The first-order chi connectivity index (χ1) is 10.5. The number of carbonyl (C=O) groups excluding carboxylic acids is 1. The van der Waals surface area contributed by atoms with Crippen molar-refractivity contribution >= 4 is 11.9 Å². The highest BCUT2D eigenvalue weighted by molar-refractivity contribution is 5.91. The van der Waals surface area contributed by atoms with Crippen LogP contribution in [0.3, 0.4) is 0 Å². The van der Waals surface area contributed by atoms with Crippen LogP contribution in [0.15, 0.2) is 34.9 Å². The molecule has 0 saturated heterocycles. The molecule has 1 aromatic carbocycles. The quantitative estimate of drug-likeness (QED) is 0.855. The summed E-state index contributed by atoms with van der Waals surface area (Å²) in [5.74, 6) is -0.702. The molecule has 0 spiro atoms. The minimum Gasteiger partial charge on any atom is -0.478 e. The molecule has 2 rings (SSSR count). The van der Waals surface area contributed by atoms with Gasteiger partial charge < -0.3 is 14.9 Å². The van der Waals surface area contributed by atoms with Gasteiger partial charge in [-0.05, 0) is 30.0 Å². The molecule has 6 heteroatoms. The molecular formula is C16H18N2O4. The van der Waals surface area contributed by atoms with Gasteiger partial charge in [0, 0.05) is 12.6 Å². The zero-order valence-electron chi connectivity index (χ0n) is 12.5. The molecule has 2 N–H and O–H groups in total. The summed E-state index contributed by atoms with van der Waals surface area (Å²) in [6.45, 7) is 4.42. The Morgan fingerprint density at radius 3 is 2.55 bits per heavy atom. The Morgan fingerprint density at radius 1 is 1.27 bits per heavy atom. The summed E-state index contributed by atoms with van der Waals surface area (Å²) < 4.78 is 5.03. The summed E-state index contributed by atoms with van der Waals surface area (Å²) in [6, 6.07) is 7.96. The molecule has 0 unspecified atom stereocenters. The van der Waals surface area contributed by atoms with Crippen molar-refractivity contribution in [2.24, 2.45) is 5.92 Å². The van der Waals surface area contributed by atoms with Crippen LogP contribution < -0.4 is 5.32 Å². The molecule has 1 amide bonds. The molecule has 0 atom stereocenters. The number of rotatable bonds is 6. The second-order valence-electron chi connectivity index (χ2n) is 5.47. The number of amides is 1. The number of carbonyl (C=O) groups is 2. The molecule has 1 heterocycles. The van der Waals surface area contributed by atoms with Gasteiger partial charge in [-0.1, -0.05) is 31.1 Å². The lowest BCUT2D eigenvalue weighted by Crippen LogP contribution is -2.22. The number of hydrogen-bond donors (Lipinski definition) is 2. The normalized spacial score (nSPS) is 10.7. The smallest absolute Gasteiger partial charge is 0.335 e. The lowest BCUT2D eigenvalue weighted by atomic mass is 10.1. The summed E-state index contributed by atoms with van der Waals surface area (Å²) in [5, 5.41) is 15.4. The van der Waals surface area contributed by atoms with E-state index in [1.807, 2.05) is 0 Å². The third kappa shape index (κ3) is 4.18. The van der Waals surface area contributed by atoms with Crippen LogP contribution >= 0.6 is 0 Å². The minimum absolute atomic E-state index is 0.179. The van der Waals surface area contributed by atoms with Crippen molar-refractivity contribution < 1.29 is 19.2 Å². The summed E-state index contributed by atoms with van der Waals surface area (Å²) in [5.41, 5.74) is 1.77. The first kappa shape index (κ1) is 15.8. The Hall–Kier alpha value is -2.63. The summed E-state index contributed by atoms with van der Waals surface area (Å²) >= 11 is 0. The molecule has 0 aliphatic rings. The van der Waals surface area contributed by atoms with E-state index >= 15 is 0 Å². The lowest BCUT2D eigenvalue weighted by Gasteiger charge is -2.03. The number of benzene rings is 1. The lowest BCUT2D eigenvalue weighted by molar-refractivity contribution is 0.0696. The highest BCUT2D eigenvalue weighted by atomic mass is 16.5. The third-order valence-corrected chi connectivity index (χ3v) is 3.05. The molecule has 2 aromatic rings. The van der Waals surface area contributed by atoms with Gasteiger partial charge in [-0.25, -0.2) is 4.79 Å². The van der Waals surface area contributed by atoms with Crippen molar-refractivity contribution in [3.8, 4) is 0 Å². The van der Waals surface area contributed by atoms with Gasteiger partial charge in [0.05, 0.1) is 11.3 Å². The Kier molecular flexibility index (Phi) is 4.93. The van der Waals surface area contributed by atoms with E-state index < -0.39 is 5.97 Å². The van der Waals surface area contributed by atoms with Gasteiger partial charge in [-0.3, -0.25) is 4.79 Å². The van der Waals surface area contributed by atoms with Crippen LogP contribution in [0.25, 0.3) is 0 Å². The van der Waals surface area contributed by atoms with Gasteiger partial charge in [-0.15, -0.1) is 0 Å². The van der Waals surface area contributed by atoms with Gasteiger partial charge in [0.25, 0.3) is 5.91 Å². The van der Waals surface area contributed by atoms with Crippen LogP contribution in [0.5, 0.6) is 0 Å². The number of nitrogens with one attached hydrogen (secondary N) is 1. The first-order valence-corrected chi connectivity index (χ1v) is 7.01. The summed E-state index contributed by atoms with van der Waals surface area (Å²) in [6.07, 6.45) is 0.757. The van der Waals surface area contributed by atoms with Crippen LogP contribution in [0.2, 0.25) is 0 Å². The minimum atomic E-state index is -0.977. The molecule has 116 valence electrons. The highest BCUT2D eigenvalue weighted by Gasteiger charge is 2.13. The monoisotopic (exact) mass is 302 g/mol. The maximum atomic E-state index is 12.0. The van der Waals surface area contributed by atoms with Crippen LogP contribution in [-0.4, -0.2) is 22.1 Å². The molecular weight excluding hydrogens is 284 g/mol. The van der Waals surface area contributed by atoms with Gasteiger partial charge >= 0.3 is 5.97 Å². The van der Waals surface area contributed by atoms with E-state index in [4.69, 9.17) is 9.63 Å². The van der Waals surface area contributed by atoms with E-state index in [9.17, 15) is 9.59 Å². The van der Waals surface area contributed by atoms with Gasteiger partial charge in [0.1, 0.15) is 0 Å². The average Bonchev–Trinajstić information content (AvgIpc) is 2.93. The van der Waals surface area contributed by atoms with Crippen molar-refractivity contribution in [2.45, 2.75) is 26.8 Å². The van der Waals surface area contributed by atoms with Crippen LogP contribution in [-0.2, 0) is 13.0 Å². The first-order valence-electron chi connectivity index (χ1n) is 7.01. The fourth-order valence-electron chi connectivity index (χ4n) is 1.97. The fraction of sp³-hybridized carbons (Fsp3) is 0.312. The Labute approximate surface area is 128 Å². The summed E-state index contributed by atoms with van der Waals surface area (Å²) in [7, 11) is 0. The maximum absolute atomic E-state index is 12.0. The molecule has 0 aliphatic carbocycles. The number of aromatic carboxylic acids is 1. The Morgan fingerprint density at radius 2 is 1.95 bits per heavy atom. The van der Waals surface area contributed by atoms with Crippen molar-refractivity contribution in [2.75, 3.05) is 0 Å². The molecule has 0 saturated carbocycles. The van der Waals surface area contributed by atoms with Crippen molar-refractivity contribution in [1.29, 1.82) is 0 Å². The van der Waals surface area contributed by atoms with E-state index in [1.54, 1.807) is 18.2 Å². The Bertz CT molecular complexity index is 659. The second kappa shape index (κ2) is 6.89. The number of hydrogen-bond acceptors (Lipinski definition) is 4. The standard InChI is InChI=1S/C16H18N2O4/c1-10(2)7-13-8-14(22-18-13)15(19)17-9-11-3-5-12(6-4-11)16(20)21/h3-6,8,10H,7,9H2,1-2H3,(H,17,19)(H,20,21). The number of aromatic nitrogens is 1. The Balaban J connectivity index is 1.92. The molecule has 22 heavy (non-hydrogen) atoms. The molecule has 0 aliphatic heterocycles. The largest absolute Gasteiger partial charge is 0.478 e. The van der Waals surface area contributed by atoms with Crippen molar-refractivity contribution in [1.82, 2.24) is 10.5 Å². The average molecular weight is 302 g/mol. The van der Waals surface area contributed by atoms with Gasteiger partial charge in [0.2, 0.25) is 5.76 Å².